The molecule has 0 bridgehead atoms. The molecule has 68 valence electrons. The van der Waals surface area contributed by atoms with Crippen LogP contribution in [0.1, 0.15) is 19.8 Å². The zero-order valence-corrected chi connectivity index (χ0v) is 6.73. The van der Waals surface area contributed by atoms with Crippen molar-refractivity contribution in [3.63, 3.8) is 0 Å². The maximum Gasteiger partial charge on any atom is 0.154 e. The van der Waals surface area contributed by atoms with Gasteiger partial charge < -0.3 is 20.1 Å². The molecular formula is C7H16O4. The van der Waals surface area contributed by atoms with Gasteiger partial charge in [-0.25, -0.2) is 0 Å². The van der Waals surface area contributed by atoms with Gasteiger partial charge in [-0.05, 0) is 13.3 Å². The molecule has 4 heteroatoms. The van der Waals surface area contributed by atoms with E-state index in [1.54, 1.807) is 6.92 Å². The van der Waals surface area contributed by atoms with Crippen LogP contribution in [0.2, 0.25) is 0 Å². The molecule has 1 aliphatic heterocycles. The van der Waals surface area contributed by atoms with Crippen molar-refractivity contribution in [1.82, 2.24) is 0 Å². The Bertz CT molecular complexity index is 68.5. The standard InChI is InChI=1S/C5H10O3.C2H6O/c6-4-1-2-5(7)8-3-4;1-2-3/h4-7H,1-3H2;3H,2H2,1H3/t4-,5?;/m1./s1. The van der Waals surface area contributed by atoms with Gasteiger partial charge in [-0.2, -0.15) is 0 Å². The second kappa shape index (κ2) is 6.54. The Morgan fingerprint density at radius 1 is 1.36 bits per heavy atom. The van der Waals surface area contributed by atoms with Crippen molar-refractivity contribution < 1.29 is 20.1 Å². The summed E-state index contributed by atoms with van der Waals surface area (Å²) in [5.74, 6) is 0. The highest BCUT2D eigenvalue weighted by Gasteiger charge is 2.16. The molecule has 1 rings (SSSR count). The summed E-state index contributed by atoms with van der Waals surface area (Å²) in [5.41, 5.74) is 0. The lowest BCUT2D eigenvalue weighted by Crippen LogP contribution is -2.28. The molecule has 1 saturated heterocycles. The summed E-state index contributed by atoms with van der Waals surface area (Å²) in [5, 5.41) is 25.1. The van der Waals surface area contributed by atoms with Gasteiger partial charge in [0, 0.05) is 13.0 Å². The van der Waals surface area contributed by atoms with Crippen molar-refractivity contribution in [2.75, 3.05) is 13.2 Å². The number of rotatable bonds is 0. The van der Waals surface area contributed by atoms with E-state index in [1.165, 1.54) is 0 Å². The molecule has 0 spiro atoms. The van der Waals surface area contributed by atoms with Crippen molar-refractivity contribution >= 4 is 0 Å². The number of hydrogen-bond donors (Lipinski definition) is 3. The zero-order chi connectivity index (χ0) is 8.69. The monoisotopic (exact) mass is 164 g/mol. The predicted molar refractivity (Wildman–Crippen MR) is 40.0 cm³/mol. The fraction of sp³-hybridized carbons (Fsp3) is 1.00. The second-order valence-corrected chi connectivity index (χ2v) is 2.34. The van der Waals surface area contributed by atoms with Gasteiger partial charge in [-0.1, -0.05) is 0 Å². The van der Waals surface area contributed by atoms with Crippen molar-refractivity contribution in [3.8, 4) is 0 Å². The van der Waals surface area contributed by atoms with Crippen LogP contribution < -0.4 is 0 Å². The SMILES string of the molecule is CCO.OC1CC[C@@H](O)CO1. The maximum absolute atomic E-state index is 8.79. The summed E-state index contributed by atoms with van der Waals surface area (Å²) in [4.78, 5) is 0. The molecule has 2 atom stereocenters. The molecule has 0 aromatic carbocycles. The second-order valence-electron chi connectivity index (χ2n) is 2.34. The third kappa shape index (κ3) is 6.25. The fourth-order valence-corrected chi connectivity index (χ4v) is 0.724. The number of hydrogen-bond acceptors (Lipinski definition) is 4. The fourth-order valence-electron chi connectivity index (χ4n) is 0.724. The topological polar surface area (TPSA) is 69.9 Å². The van der Waals surface area contributed by atoms with E-state index in [-0.39, 0.29) is 19.3 Å². The van der Waals surface area contributed by atoms with Gasteiger partial charge in [0.25, 0.3) is 0 Å². The molecule has 0 aliphatic carbocycles. The first-order valence-electron chi connectivity index (χ1n) is 3.79. The average Bonchev–Trinajstić information content (AvgIpc) is 1.97. The predicted octanol–water partition coefficient (Wildman–Crippen LogP) is -0.525. The van der Waals surface area contributed by atoms with E-state index < -0.39 is 6.29 Å². The van der Waals surface area contributed by atoms with Crippen LogP contribution in [0.25, 0.3) is 0 Å². The first-order chi connectivity index (χ1) is 5.20. The molecule has 1 aliphatic rings. The number of aliphatic hydroxyl groups excluding tert-OH is 3. The molecule has 11 heavy (non-hydrogen) atoms. The number of aliphatic hydroxyl groups is 3. The molecule has 1 fully saturated rings. The zero-order valence-electron chi connectivity index (χ0n) is 6.73. The van der Waals surface area contributed by atoms with Crippen molar-refractivity contribution in [3.05, 3.63) is 0 Å². The van der Waals surface area contributed by atoms with E-state index >= 15 is 0 Å². The Morgan fingerprint density at radius 2 is 1.91 bits per heavy atom. The minimum Gasteiger partial charge on any atom is -0.397 e. The van der Waals surface area contributed by atoms with Crippen LogP contribution in [0.3, 0.4) is 0 Å². The van der Waals surface area contributed by atoms with Gasteiger partial charge >= 0.3 is 0 Å². The first-order valence-corrected chi connectivity index (χ1v) is 3.79. The summed E-state index contributed by atoms with van der Waals surface area (Å²) in [6.45, 7) is 2.21. The molecule has 0 aromatic heterocycles. The average molecular weight is 164 g/mol. The van der Waals surface area contributed by atoms with Crippen LogP contribution in [-0.4, -0.2) is 40.9 Å². The lowest BCUT2D eigenvalue weighted by molar-refractivity contribution is -0.155. The minimum absolute atomic E-state index is 0.250. The van der Waals surface area contributed by atoms with Crippen LogP contribution in [0.5, 0.6) is 0 Å². The van der Waals surface area contributed by atoms with E-state index in [9.17, 15) is 0 Å². The van der Waals surface area contributed by atoms with Crippen LogP contribution in [0, 0.1) is 0 Å². The highest BCUT2D eigenvalue weighted by molar-refractivity contribution is 4.60. The molecule has 0 amide bonds. The van der Waals surface area contributed by atoms with Gasteiger partial charge in [0.2, 0.25) is 0 Å². The van der Waals surface area contributed by atoms with Gasteiger partial charge in [-0.3, -0.25) is 0 Å². The first kappa shape index (κ1) is 10.8. The molecule has 1 unspecified atom stereocenters. The quantitative estimate of drug-likeness (QED) is 0.450. The smallest absolute Gasteiger partial charge is 0.154 e. The summed E-state index contributed by atoms with van der Waals surface area (Å²) in [6.07, 6.45) is 0.208. The Kier molecular flexibility index (Phi) is 6.45. The molecule has 4 nitrogen and oxygen atoms in total. The van der Waals surface area contributed by atoms with E-state index in [4.69, 9.17) is 20.1 Å². The van der Waals surface area contributed by atoms with Gasteiger partial charge in [0.1, 0.15) is 0 Å². The highest BCUT2D eigenvalue weighted by atomic mass is 16.6. The molecule has 1 heterocycles. The third-order valence-electron chi connectivity index (χ3n) is 1.23. The minimum atomic E-state index is -0.640. The Hall–Kier alpha value is -0.160. The summed E-state index contributed by atoms with van der Waals surface area (Å²) < 4.78 is 4.70. The number of ether oxygens (including phenoxy) is 1. The van der Waals surface area contributed by atoms with Gasteiger partial charge in [0.15, 0.2) is 6.29 Å². The van der Waals surface area contributed by atoms with Crippen LogP contribution in [-0.2, 0) is 4.74 Å². The maximum atomic E-state index is 8.79. The van der Waals surface area contributed by atoms with Gasteiger partial charge in [0.05, 0.1) is 12.7 Å². The van der Waals surface area contributed by atoms with E-state index in [2.05, 4.69) is 0 Å². The Labute approximate surface area is 66.4 Å². The summed E-state index contributed by atoms with van der Waals surface area (Å²) >= 11 is 0. The van der Waals surface area contributed by atoms with Crippen LogP contribution >= 0.6 is 0 Å². The highest BCUT2D eigenvalue weighted by Crippen LogP contribution is 2.09. The van der Waals surface area contributed by atoms with E-state index in [0.29, 0.717) is 12.8 Å². The molecular weight excluding hydrogens is 148 g/mol. The van der Waals surface area contributed by atoms with Crippen molar-refractivity contribution in [1.29, 1.82) is 0 Å². The summed E-state index contributed by atoms with van der Waals surface area (Å²) in [6, 6.07) is 0. The largest absolute Gasteiger partial charge is 0.397 e. The van der Waals surface area contributed by atoms with Gasteiger partial charge in [-0.15, -0.1) is 0 Å². The van der Waals surface area contributed by atoms with Crippen LogP contribution in [0.4, 0.5) is 0 Å². The Balaban J connectivity index is 0.000000292. The van der Waals surface area contributed by atoms with Crippen molar-refractivity contribution in [2.24, 2.45) is 0 Å². The normalized spacial score (nSPS) is 30.5. The van der Waals surface area contributed by atoms with Crippen LogP contribution in [0.15, 0.2) is 0 Å². The summed E-state index contributed by atoms with van der Waals surface area (Å²) in [7, 11) is 0. The van der Waals surface area contributed by atoms with E-state index in [1.807, 2.05) is 0 Å². The molecule has 0 radical (unpaired) electrons. The molecule has 0 aromatic rings. The lowest BCUT2D eigenvalue weighted by atomic mass is 10.2. The third-order valence-corrected chi connectivity index (χ3v) is 1.23. The van der Waals surface area contributed by atoms with Crippen molar-refractivity contribution in [2.45, 2.75) is 32.2 Å². The Morgan fingerprint density at radius 3 is 2.18 bits per heavy atom. The molecule has 3 N–H and O–H groups in total. The lowest BCUT2D eigenvalue weighted by Gasteiger charge is -2.21. The van der Waals surface area contributed by atoms with E-state index in [0.717, 1.165) is 0 Å². The molecule has 0 saturated carbocycles.